The minimum Gasteiger partial charge on any atom is -0.367 e. The van der Waals surface area contributed by atoms with Gasteiger partial charge in [-0.15, -0.1) is 0 Å². The van der Waals surface area contributed by atoms with Crippen molar-refractivity contribution >= 4 is 5.82 Å². The molecule has 0 saturated heterocycles. The van der Waals surface area contributed by atoms with Crippen molar-refractivity contribution in [2.24, 2.45) is 5.41 Å². The fourth-order valence-electron chi connectivity index (χ4n) is 2.46. The quantitative estimate of drug-likeness (QED) is 0.876. The van der Waals surface area contributed by atoms with Crippen LogP contribution in [0.25, 0.3) is 0 Å². The molecule has 1 aromatic heterocycles. The van der Waals surface area contributed by atoms with Gasteiger partial charge in [0.1, 0.15) is 6.33 Å². The zero-order chi connectivity index (χ0) is 12.3. The fourth-order valence-corrected chi connectivity index (χ4v) is 2.46. The summed E-state index contributed by atoms with van der Waals surface area (Å²) in [5, 5.41) is 3.14. The Hall–Kier alpha value is -1.19. The second kappa shape index (κ2) is 4.98. The van der Waals surface area contributed by atoms with Crippen LogP contribution in [-0.2, 0) is 0 Å². The smallest absolute Gasteiger partial charge is 0.186 e. The van der Waals surface area contributed by atoms with Crippen molar-refractivity contribution in [3.05, 3.63) is 17.8 Å². The molecule has 2 rings (SSSR count). The van der Waals surface area contributed by atoms with Crippen molar-refractivity contribution in [3.8, 4) is 0 Å². The standard InChI is InChI=1S/C13H20FN3/c1-10-11(14)12(17-9-16-10)15-8-13(2)6-4-3-5-7-13/h9H,3-8H2,1-2H3,(H,15,16,17). The van der Waals surface area contributed by atoms with E-state index in [1.807, 2.05) is 0 Å². The average Bonchev–Trinajstić information content (AvgIpc) is 2.32. The molecule has 0 unspecified atom stereocenters. The van der Waals surface area contributed by atoms with Gasteiger partial charge in [0.05, 0.1) is 5.69 Å². The van der Waals surface area contributed by atoms with Crippen LogP contribution in [0.2, 0.25) is 0 Å². The number of rotatable bonds is 3. The van der Waals surface area contributed by atoms with Crippen LogP contribution in [-0.4, -0.2) is 16.5 Å². The molecule has 0 bridgehead atoms. The van der Waals surface area contributed by atoms with Gasteiger partial charge in [-0.2, -0.15) is 0 Å². The normalized spacial score (nSPS) is 19.0. The highest BCUT2D eigenvalue weighted by atomic mass is 19.1. The lowest BCUT2D eigenvalue weighted by atomic mass is 9.76. The van der Waals surface area contributed by atoms with Gasteiger partial charge in [-0.3, -0.25) is 0 Å². The first-order chi connectivity index (χ1) is 8.11. The summed E-state index contributed by atoms with van der Waals surface area (Å²) in [6.07, 6.45) is 7.73. The van der Waals surface area contributed by atoms with Crippen molar-refractivity contribution in [2.75, 3.05) is 11.9 Å². The van der Waals surface area contributed by atoms with E-state index in [2.05, 4.69) is 22.2 Å². The number of halogens is 1. The fraction of sp³-hybridized carbons (Fsp3) is 0.692. The van der Waals surface area contributed by atoms with E-state index in [1.165, 1.54) is 38.4 Å². The molecule has 1 N–H and O–H groups in total. The first kappa shape index (κ1) is 12.3. The molecule has 4 heteroatoms. The molecule has 0 aromatic carbocycles. The molecule has 1 aromatic rings. The van der Waals surface area contributed by atoms with Crippen LogP contribution in [0.5, 0.6) is 0 Å². The maximum Gasteiger partial charge on any atom is 0.186 e. The van der Waals surface area contributed by atoms with E-state index in [1.54, 1.807) is 6.92 Å². The molecule has 0 atom stereocenters. The highest BCUT2D eigenvalue weighted by Crippen LogP contribution is 2.35. The van der Waals surface area contributed by atoms with Gasteiger partial charge < -0.3 is 5.32 Å². The molecule has 1 heterocycles. The van der Waals surface area contributed by atoms with Crippen LogP contribution in [0.15, 0.2) is 6.33 Å². The van der Waals surface area contributed by atoms with Gasteiger partial charge in [0, 0.05) is 6.54 Å². The molecule has 1 saturated carbocycles. The average molecular weight is 237 g/mol. The largest absolute Gasteiger partial charge is 0.367 e. The summed E-state index contributed by atoms with van der Waals surface area (Å²) >= 11 is 0. The Labute approximate surface area is 102 Å². The van der Waals surface area contributed by atoms with Crippen molar-refractivity contribution in [1.29, 1.82) is 0 Å². The minimum absolute atomic E-state index is 0.281. The van der Waals surface area contributed by atoms with Crippen LogP contribution in [0.1, 0.15) is 44.7 Å². The van der Waals surface area contributed by atoms with E-state index in [0.29, 0.717) is 11.5 Å². The van der Waals surface area contributed by atoms with Gasteiger partial charge in [-0.05, 0) is 25.2 Å². The van der Waals surface area contributed by atoms with Crippen molar-refractivity contribution in [1.82, 2.24) is 9.97 Å². The topological polar surface area (TPSA) is 37.8 Å². The Bertz CT molecular complexity index is 386. The molecule has 0 aliphatic heterocycles. The van der Waals surface area contributed by atoms with Gasteiger partial charge in [-0.1, -0.05) is 26.2 Å². The lowest BCUT2D eigenvalue weighted by Crippen LogP contribution is -2.29. The molecule has 94 valence electrons. The summed E-state index contributed by atoms with van der Waals surface area (Å²) in [7, 11) is 0. The van der Waals surface area contributed by atoms with E-state index >= 15 is 0 Å². The molecule has 0 amide bonds. The van der Waals surface area contributed by atoms with Crippen LogP contribution in [0, 0.1) is 18.2 Å². The molecule has 1 aliphatic carbocycles. The number of hydrogen-bond acceptors (Lipinski definition) is 3. The maximum atomic E-state index is 13.7. The van der Waals surface area contributed by atoms with Crippen molar-refractivity contribution < 1.29 is 4.39 Å². The van der Waals surface area contributed by atoms with Gasteiger partial charge in [0.2, 0.25) is 0 Å². The highest BCUT2D eigenvalue weighted by Gasteiger charge is 2.26. The third-order valence-electron chi connectivity index (χ3n) is 3.71. The maximum absolute atomic E-state index is 13.7. The number of anilines is 1. The van der Waals surface area contributed by atoms with Crippen molar-refractivity contribution in [2.45, 2.75) is 46.0 Å². The number of nitrogens with zero attached hydrogens (tertiary/aromatic N) is 2. The van der Waals surface area contributed by atoms with Crippen LogP contribution < -0.4 is 5.32 Å². The number of hydrogen-bond donors (Lipinski definition) is 1. The first-order valence-corrected chi connectivity index (χ1v) is 6.32. The second-order valence-corrected chi connectivity index (χ2v) is 5.35. The Morgan fingerprint density at radius 3 is 2.71 bits per heavy atom. The van der Waals surface area contributed by atoms with Gasteiger partial charge in [0.15, 0.2) is 11.6 Å². The summed E-state index contributed by atoms with van der Waals surface area (Å²) in [5.74, 6) is 0.0104. The van der Waals surface area contributed by atoms with Gasteiger partial charge >= 0.3 is 0 Å². The monoisotopic (exact) mass is 237 g/mol. The molecule has 1 aliphatic rings. The summed E-state index contributed by atoms with van der Waals surface area (Å²) in [6.45, 7) is 4.72. The molecule has 3 nitrogen and oxygen atoms in total. The van der Waals surface area contributed by atoms with E-state index in [-0.39, 0.29) is 11.2 Å². The predicted molar refractivity (Wildman–Crippen MR) is 66.4 cm³/mol. The number of aryl methyl sites for hydroxylation is 1. The second-order valence-electron chi connectivity index (χ2n) is 5.35. The summed E-state index contributed by atoms with van der Waals surface area (Å²) in [4.78, 5) is 7.78. The van der Waals surface area contributed by atoms with Gasteiger partial charge in [-0.25, -0.2) is 14.4 Å². The van der Waals surface area contributed by atoms with E-state index in [4.69, 9.17) is 0 Å². The van der Waals surface area contributed by atoms with Crippen molar-refractivity contribution in [3.63, 3.8) is 0 Å². The minimum atomic E-state index is -0.327. The van der Waals surface area contributed by atoms with Crippen LogP contribution >= 0.6 is 0 Å². The summed E-state index contributed by atoms with van der Waals surface area (Å²) < 4.78 is 13.7. The third kappa shape index (κ3) is 2.93. The Morgan fingerprint density at radius 2 is 2.00 bits per heavy atom. The lowest BCUT2D eigenvalue weighted by molar-refractivity contribution is 0.233. The molecular formula is C13H20FN3. The van der Waals surface area contributed by atoms with E-state index in [0.717, 1.165) is 6.54 Å². The molecule has 0 radical (unpaired) electrons. The highest BCUT2D eigenvalue weighted by molar-refractivity contribution is 5.37. The molecule has 0 spiro atoms. The molecule has 1 fully saturated rings. The molecular weight excluding hydrogens is 217 g/mol. The lowest BCUT2D eigenvalue weighted by Gasteiger charge is -2.33. The Kier molecular flexibility index (Phi) is 3.60. The Morgan fingerprint density at radius 1 is 1.29 bits per heavy atom. The summed E-state index contributed by atoms with van der Waals surface area (Å²) in [5.41, 5.74) is 0.681. The Balaban J connectivity index is 1.99. The number of aromatic nitrogens is 2. The zero-order valence-electron chi connectivity index (χ0n) is 10.6. The SMILES string of the molecule is Cc1ncnc(NCC2(C)CCCCC2)c1F. The third-order valence-corrected chi connectivity index (χ3v) is 3.71. The molecule has 17 heavy (non-hydrogen) atoms. The first-order valence-electron chi connectivity index (χ1n) is 6.32. The van der Waals surface area contributed by atoms with E-state index in [9.17, 15) is 4.39 Å². The summed E-state index contributed by atoms with van der Waals surface area (Å²) in [6, 6.07) is 0. The number of nitrogens with one attached hydrogen (secondary N) is 1. The van der Waals surface area contributed by atoms with E-state index < -0.39 is 0 Å². The van der Waals surface area contributed by atoms with Crippen LogP contribution in [0.3, 0.4) is 0 Å². The predicted octanol–water partition coefficient (Wildman–Crippen LogP) is 3.31. The zero-order valence-corrected chi connectivity index (χ0v) is 10.6. The van der Waals surface area contributed by atoms with Gasteiger partial charge in [0.25, 0.3) is 0 Å². The van der Waals surface area contributed by atoms with Crippen LogP contribution in [0.4, 0.5) is 10.2 Å².